The predicted octanol–water partition coefficient (Wildman–Crippen LogP) is 3.99. The minimum atomic E-state index is -0.208. The van der Waals surface area contributed by atoms with E-state index in [9.17, 15) is 9.18 Å². The molecule has 0 atom stereocenters. The summed E-state index contributed by atoms with van der Waals surface area (Å²) in [6.45, 7) is 2.58. The Kier molecular flexibility index (Phi) is 4.21. The number of thioether (sulfide) groups is 1. The zero-order valence-corrected chi connectivity index (χ0v) is 13.5. The van der Waals surface area contributed by atoms with E-state index in [1.54, 1.807) is 22.7 Å². The van der Waals surface area contributed by atoms with Gasteiger partial charge in [0.1, 0.15) is 5.82 Å². The van der Waals surface area contributed by atoms with Gasteiger partial charge in [0.2, 0.25) is 5.91 Å². The summed E-state index contributed by atoms with van der Waals surface area (Å²) in [5.41, 5.74) is 3.58. The molecule has 0 saturated carbocycles. The van der Waals surface area contributed by atoms with E-state index in [0.29, 0.717) is 18.5 Å². The number of aryl methyl sites for hydroxylation is 1. The molecule has 0 aromatic heterocycles. The van der Waals surface area contributed by atoms with Gasteiger partial charge in [-0.15, -0.1) is 11.8 Å². The van der Waals surface area contributed by atoms with E-state index in [2.05, 4.69) is 6.92 Å². The van der Waals surface area contributed by atoms with Crippen molar-refractivity contribution in [2.24, 2.45) is 0 Å². The van der Waals surface area contributed by atoms with Crippen LogP contribution in [-0.4, -0.2) is 18.7 Å². The fourth-order valence-corrected chi connectivity index (χ4v) is 3.53. The van der Waals surface area contributed by atoms with Gasteiger partial charge >= 0.3 is 0 Å². The number of hydrogen-bond acceptors (Lipinski definition) is 2. The van der Waals surface area contributed by atoms with Crippen molar-refractivity contribution in [2.75, 3.05) is 17.7 Å². The molecular weight excluding hydrogens is 297 g/mol. The molecule has 1 aliphatic heterocycles. The SMILES string of the molecule is CSc1cc(N2CCc3c(F)cccc3CC2=O)ccc1C. The maximum Gasteiger partial charge on any atom is 0.231 e. The van der Waals surface area contributed by atoms with Crippen molar-refractivity contribution in [1.82, 2.24) is 0 Å². The Hall–Kier alpha value is -1.81. The van der Waals surface area contributed by atoms with Crippen molar-refractivity contribution in [3.8, 4) is 0 Å². The number of hydrogen-bond donors (Lipinski definition) is 0. The molecule has 0 saturated heterocycles. The van der Waals surface area contributed by atoms with Crippen molar-refractivity contribution in [3.05, 3.63) is 58.9 Å². The number of carbonyl (C=O) groups is 1. The fourth-order valence-electron chi connectivity index (χ4n) is 2.91. The van der Waals surface area contributed by atoms with Gasteiger partial charge in [-0.1, -0.05) is 18.2 Å². The Morgan fingerprint density at radius 2 is 2.05 bits per heavy atom. The van der Waals surface area contributed by atoms with Crippen molar-refractivity contribution >= 4 is 23.4 Å². The molecule has 1 heterocycles. The fraction of sp³-hybridized carbons (Fsp3) is 0.278. The van der Waals surface area contributed by atoms with Crippen LogP contribution in [0.4, 0.5) is 10.1 Å². The lowest BCUT2D eigenvalue weighted by Gasteiger charge is -2.21. The van der Waals surface area contributed by atoms with Crippen LogP contribution in [0, 0.1) is 12.7 Å². The van der Waals surface area contributed by atoms with E-state index >= 15 is 0 Å². The number of amides is 1. The summed E-state index contributed by atoms with van der Waals surface area (Å²) in [5, 5.41) is 0. The lowest BCUT2D eigenvalue weighted by atomic mass is 10.0. The highest BCUT2D eigenvalue weighted by Gasteiger charge is 2.23. The molecule has 2 aromatic rings. The first-order valence-electron chi connectivity index (χ1n) is 7.31. The Morgan fingerprint density at radius 3 is 2.82 bits per heavy atom. The van der Waals surface area contributed by atoms with E-state index in [1.807, 2.05) is 30.5 Å². The highest BCUT2D eigenvalue weighted by Crippen LogP contribution is 2.28. The second-order valence-electron chi connectivity index (χ2n) is 5.50. The summed E-state index contributed by atoms with van der Waals surface area (Å²) >= 11 is 1.67. The van der Waals surface area contributed by atoms with Crippen LogP contribution in [0.15, 0.2) is 41.3 Å². The molecule has 22 heavy (non-hydrogen) atoms. The molecule has 0 bridgehead atoms. The van der Waals surface area contributed by atoms with Crippen LogP contribution in [0.2, 0.25) is 0 Å². The number of nitrogens with zero attached hydrogens (tertiary/aromatic N) is 1. The van der Waals surface area contributed by atoms with Crippen molar-refractivity contribution in [1.29, 1.82) is 0 Å². The summed E-state index contributed by atoms with van der Waals surface area (Å²) in [5.74, 6) is -0.180. The number of fused-ring (bicyclic) bond motifs is 1. The number of rotatable bonds is 2. The van der Waals surface area contributed by atoms with Crippen LogP contribution in [0.25, 0.3) is 0 Å². The monoisotopic (exact) mass is 315 g/mol. The summed E-state index contributed by atoms with van der Waals surface area (Å²) < 4.78 is 13.9. The van der Waals surface area contributed by atoms with Crippen LogP contribution in [0.3, 0.4) is 0 Å². The Bertz CT molecular complexity index is 729. The molecule has 3 rings (SSSR count). The van der Waals surface area contributed by atoms with Gasteiger partial charge < -0.3 is 4.90 Å². The van der Waals surface area contributed by atoms with Gasteiger partial charge in [-0.05, 0) is 54.5 Å². The van der Waals surface area contributed by atoms with Crippen molar-refractivity contribution < 1.29 is 9.18 Å². The molecule has 0 aliphatic carbocycles. The third-order valence-corrected chi connectivity index (χ3v) is 5.03. The summed E-state index contributed by atoms with van der Waals surface area (Å²) in [4.78, 5) is 15.5. The van der Waals surface area contributed by atoms with Gasteiger partial charge in [0, 0.05) is 17.1 Å². The molecule has 2 nitrogen and oxygen atoms in total. The maximum absolute atomic E-state index is 13.9. The van der Waals surface area contributed by atoms with Gasteiger partial charge in [0.25, 0.3) is 0 Å². The number of halogens is 1. The predicted molar refractivity (Wildman–Crippen MR) is 89.1 cm³/mol. The molecule has 2 aromatic carbocycles. The van der Waals surface area contributed by atoms with E-state index in [4.69, 9.17) is 0 Å². The second kappa shape index (κ2) is 6.13. The van der Waals surface area contributed by atoms with E-state index < -0.39 is 0 Å². The minimum absolute atomic E-state index is 0.0280. The Balaban J connectivity index is 1.94. The molecule has 1 aliphatic rings. The average molecular weight is 315 g/mol. The first kappa shape index (κ1) is 15.1. The first-order chi connectivity index (χ1) is 10.6. The van der Waals surface area contributed by atoms with Crippen LogP contribution < -0.4 is 4.90 Å². The minimum Gasteiger partial charge on any atom is -0.312 e. The third kappa shape index (κ3) is 2.75. The zero-order valence-electron chi connectivity index (χ0n) is 12.7. The number of carbonyl (C=O) groups excluding carboxylic acids is 1. The second-order valence-corrected chi connectivity index (χ2v) is 6.35. The molecule has 0 radical (unpaired) electrons. The molecule has 114 valence electrons. The summed E-state index contributed by atoms with van der Waals surface area (Å²) in [7, 11) is 0. The van der Waals surface area contributed by atoms with Crippen molar-refractivity contribution in [2.45, 2.75) is 24.7 Å². The summed E-state index contributed by atoms with van der Waals surface area (Å²) in [6.07, 6.45) is 2.84. The Labute approximate surface area is 134 Å². The average Bonchev–Trinajstić information content (AvgIpc) is 2.67. The van der Waals surface area contributed by atoms with Gasteiger partial charge in [-0.2, -0.15) is 0 Å². The number of anilines is 1. The highest BCUT2D eigenvalue weighted by atomic mass is 32.2. The van der Waals surface area contributed by atoms with Gasteiger partial charge in [0.15, 0.2) is 0 Å². The summed E-state index contributed by atoms with van der Waals surface area (Å²) in [6, 6.07) is 11.0. The lowest BCUT2D eigenvalue weighted by Crippen LogP contribution is -2.32. The van der Waals surface area contributed by atoms with Crippen LogP contribution >= 0.6 is 11.8 Å². The van der Waals surface area contributed by atoms with Gasteiger partial charge in [-0.25, -0.2) is 4.39 Å². The largest absolute Gasteiger partial charge is 0.312 e. The van der Waals surface area contributed by atoms with E-state index in [1.165, 1.54) is 16.5 Å². The quantitative estimate of drug-likeness (QED) is 0.781. The highest BCUT2D eigenvalue weighted by molar-refractivity contribution is 7.98. The molecular formula is C18H18FNOS. The van der Waals surface area contributed by atoms with Crippen LogP contribution in [0.5, 0.6) is 0 Å². The molecule has 0 N–H and O–H groups in total. The zero-order chi connectivity index (χ0) is 15.7. The standard InChI is InChI=1S/C18H18FNOS/c1-12-6-7-14(11-17(12)22-2)20-9-8-15-13(10-18(20)21)4-3-5-16(15)19/h3-7,11H,8-10H2,1-2H3. The van der Waals surface area contributed by atoms with Gasteiger partial charge in [0.05, 0.1) is 6.42 Å². The van der Waals surface area contributed by atoms with Gasteiger partial charge in [-0.3, -0.25) is 4.79 Å². The third-order valence-electron chi connectivity index (χ3n) is 4.15. The molecule has 0 fully saturated rings. The molecule has 4 heteroatoms. The molecule has 0 spiro atoms. The van der Waals surface area contributed by atoms with E-state index in [0.717, 1.165) is 11.3 Å². The Morgan fingerprint density at radius 1 is 1.23 bits per heavy atom. The first-order valence-corrected chi connectivity index (χ1v) is 8.54. The molecule has 0 unspecified atom stereocenters. The normalized spacial score (nSPS) is 14.7. The van der Waals surface area contributed by atoms with E-state index in [-0.39, 0.29) is 18.1 Å². The topological polar surface area (TPSA) is 20.3 Å². The maximum atomic E-state index is 13.9. The molecule has 1 amide bonds. The van der Waals surface area contributed by atoms with Crippen molar-refractivity contribution in [3.63, 3.8) is 0 Å². The lowest BCUT2D eigenvalue weighted by molar-refractivity contribution is -0.117. The number of benzene rings is 2. The van der Waals surface area contributed by atoms with Crippen LogP contribution in [0.1, 0.15) is 16.7 Å². The smallest absolute Gasteiger partial charge is 0.231 e. The van der Waals surface area contributed by atoms with Crippen LogP contribution in [-0.2, 0) is 17.6 Å².